The van der Waals surface area contributed by atoms with Crippen molar-refractivity contribution in [1.82, 2.24) is 37.2 Å². The summed E-state index contributed by atoms with van der Waals surface area (Å²) in [5, 5.41) is 52.7. The summed E-state index contributed by atoms with van der Waals surface area (Å²) in [5.41, 5.74) is 17.2. The fraction of sp³-hybridized carbons (Fsp3) is 0.541. The Bertz CT molecular complexity index is 1820. The highest BCUT2D eigenvalue weighted by Crippen LogP contribution is 2.13. The molecule has 0 heterocycles. The van der Waals surface area contributed by atoms with Crippen molar-refractivity contribution in [2.45, 2.75) is 101 Å². The third-order valence-corrected chi connectivity index (χ3v) is 9.57. The van der Waals surface area contributed by atoms with Gasteiger partial charge in [0.2, 0.25) is 53.2 Å². The zero-order chi connectivity index (χ0) is 48.0. The van der Waals surface area contributed by atoms with Crippen LogP contribution in [0.25, 0.3) is 0 Å². The number of rotatable bonds is 29. The number of aliphatic hydroxyl groups is 1. The van der Waals surface area contributed by atoms with Crippen molar-refractivity contribution in [3.8, 4) is 5.75 Å². The van der Waals surface area contributed by atoms with E-state index in [1.165, 1.54) is 12.1 Å². The number of carbonyl (C=O) groups is 11. The highest BCUT2D eigenvalue weighted by Gasteiger charge is 2.35. The summed E-state index contributed by atoms with van der Waals surface area (Å²) in [5.74, 6) is -13.2. The van der Waals surface area contributed by atoms with E-state index in [1.54, 1.807) is 26.0 Å². The number of aliphatic carboxylic acids is 2. The first-order valence-corrected chi connectivity index (χ1v) is 20.0. The van der Waals surface area contributed by atoms with E-state index < -0.39 is 159 Å². The van der Waals surface area contributed by atoms with E-state index in [0.29, 0.717) is 12.0 Å². The number of nitrogens with one attached hydrogen (secondary N) is 7. The quantitative estimate of drug-likeness (QED) is 0.0333. The van der Waals surface area contributed by atoms with Gasteiger partial charge in [-0.05, 0) is 42.9 Å². The number of thiol groups is 1. The molecule has 9 amide bonds. The third-order valence-electron chi connectivity index (χ3n) is 9.21. The number of primary amides is 2. The Hall–Kier alpha value is -6.54. The van der Waals surface area contributed by atoms with Crippen molar-refractivity contribution in [2.24, 2.45) is 23.1 Å². The molecule has 0 spiro atoms. The van der Waals surface area contributed by atoms with E-state index in [9.17, 15) is 63.0 Å². The van der Waals surface area contributed by atoms with Gasteiger partial charge < -0.3 is 74.8 Å². The minimum absolute atomic E-state index is 0.00720. The zero-order valence-corrected chi connectivity index (χ0v) is 35.4. The van der Waals surface area contributed by atoms with Crippen LogP contribution in [0.5, 0.6) is 5.75 Å². The fourth-order valence-corrected chi connectivity index (χ4v) is 5.69. The third kappa shape index (κ3) is 20.3. The number of aromatic hydroxyl groups is 1. The number of benzene rings is 1. The van der Waals surface area contributed by atoms with Gasteiger partial charge in [0.05, 0.1) is 25.6 Å². The molecular formula is C37H56N10O15S. The summed E-state index contributed by atoms with van der Waals surface area (Å²) in [6, 6.07) is -4.89. The Morgan fingerprint density at radius 3 is 1.70 bits per heavy atom. The summed E-state index contributed by atoms with van der Waals surface area (Å²) in [7, 11) is 0. The maximum atomic E-state index is 13.6. The second kappa shape index (κ2) is 27.4. The molecule has 0 fully saturated rings. The van der Waals surface area contributed by atoms with Crippen molar-refractivity contribution in [3.05, 3.63) is 29.8 Å². The fourth-order valence-electron chi connectivity index (χ4n) is 5.44. The lowest BCUT2D eigenvalue weighted by Gasteiger charge is -2.28. The van der Waals surface area contributed by atoms with Crippen LogP contribution < -0.4 is 54.4 Å². The lowest BCUT2D eigenvalue weighted by molar-refractivity contribution is -0.143. The Morgan fingerprint density at radius 2 is 1.19 bits per heavy atom. The molecule has 0 bridgehead atoms. The molecule has 1 aromatic rings. The van der Waals surface area contributed by atoms with Crippen LogP contribution in [0.15, 0.2) is 24.3 Å². The highest BCUT2D eigenvalue weighted by atomic mass is 32.1. The average Bonchev–Trinajstić information content (AvgIpc) is 3.22. The smallest absolute Gasteiger partial charge is 0.328 e. The molecule has 8 atom stereocenters. The van der Waals surface area contributed by atoms with Crippen molar-refractivity contribution >= 4 is 77.7 Å². The minimum Gasteiger partial charge on any atom is -0.508 e. The molecule has 25 nitrogen and oxygen atoms in total. The molecule has 17 N–H and O–H groups in total. The molecule has 1 aromatic carbocycles. The monoisotopic (exact) mass is 912 g/mol. The number of carbonyl (C=O) groups excluding carboxylic acids is 9. The largest absolute Gasteiger partial charge is 0.508 e. The highest BCUT2D eigenvalue weighted by molar-refractivity contribution is 7.80. The van der Waals surface area contributed by atoms with E-state index in [2.05, 4.69) is 44.5 Å². The van der Waals surface area contributed by atoms with Crippen molar-refractivity contribution in [3.63, 3.8) is 0 Å². The standard InChI is InChI=1S/C37H56N10O15S/c1-3-17(2)30(47-31(55)20(38)12-18-4-6-19(49)7-5-18)36(60)46-25(16-63)35(59)44-22(9-11-29(53)54)33(57)45-23(13-27(40)51)34(58)43-21(8-10-26(39)50)32(56)41-14-28(52)42-24(15-48)37(61)62/h4-7,17,20-25,30,48-49,63H,3,8-16,38H2,1-2H3,(H2,39,50)(H2,40,51)(H,41,56)(H,42,52)(H,43,58)(H,44,59)(H,45,57)(H,46,60)(H,47,55)(H,53,54)(H,61,62)/t17-,20-,21-,22-,23-,24-,25-,30-/m0/s1. The number of phenols is 1. The molecule has 0 aliphatic heterocycles. The number of aliphatic hydroxyl groups excluding tert-OH is 1. The Labute approximate surface area is 366 Å². The van der Waals surface area contributed by atoms with Gasteiger partial charge in [-0.25, -0.2) is 4.79 Å². The molecule has 63 heavy (non-hydrogen) atoms. The predicted octanol–water partition coefficient (Wildman–Crippen LogP) is -5.65. The van der Waals surface area contributed by atoms with Gasteiger partial charge in [-0.3, -0.25) is 47.9 Å². The average molecular weight is 913 g/mol. The second-order valence-corrected chi connectivity index (χ2v) is 14.6. The van der Waals surface area contributed by atoms with Crippen LogP contribution >= 0.6 is 12.6 Å². The van der Waals surface area contributed by atoms with E-state index in [0.717, 1.165) is 0 Å². The number of phenolic OH excluding ortho intramolecular Hbond substituents is 1. The first-order chi connectivity index (χ1) is 29.5. The van der Waals surface area contributed by atoms with E-state index in [-0.39, 0.29) is 17.9 Å². The predicted molar refractivity (Wildman–Crippen MR) is 222 cm³/mol. The SMILES string of the molecule is CC[C@H](C)[C@H](NC(=O)[C@@H](N)Cc1ccc(O)cc1)C(=O)N[C@@H](CS)C(=O)N[C@@H](CCC(=O)O)C(=O)N[C@@H](CC(N)=O)C(=O)N[C@@H](CCC(N)=O)C(=O)NCC(=O)N[C@@H](CO)C(=O)O. The van der Waals surface area contributed by atoms with Gasteiger partial charge in [0.25, 0.3) is 0 Å². The number of carboxylic acids is 2. The van der Waals surface area contributed by atoms with Gasteiger partial charge in [-0.15, -0.1) is 0 Å². The normalized spacial score (nSPS) is 14.6. The molecule has 0 radical (unpaired) electrons. The maximum absolute atomic E-state index is 13.6. The summed E-state index contributed by atoms with van der Waals surface area (Å²) in [6.07, 6.45) is -2.78. The number of hydrogen-bond donors (Lipinski definition) is 15. The first-order valence-electron chi connectivity index (χ1n) is 19.4. The Kier molecular flexibility index (Phi) is 23.7. The van der Waals surface area contributed by atoms with Crippen LogP contribution in [0.2, 0.25) is 0 Å². The molecule has 0 aliphatic rings. The topological polar surface area (TPSA) is 431 Å². The molecule has 0 aliphatic carbocycles. The van der Waals surface area contributed by atoms with E-state index in [1.807, 2.05) is 5.32 Å². The number of hydrogen-bond acceptors (Lipinski definition) is 15. The van der Waals surface area contributed by atoms with Crippen LogP contribution in [-0.2, 0) is 59.2 Å². The summed E-state index contributed by atoms with van der Waals surface area (Å²) in [6.45, 7) is 1.55. The zero-order valence-electron chi connectivity index (χ0n) is 34.5. The van der Waals surface area contributed by atoms with Gasteiger partial charge in [-0.2, -0.15) is 12.6 Å². The maximum Gasteiger partial charge on any atom is 0.328 e. The molecule has 0 saturated heterocycles. The number of nitrogens with two attached hydrogens (primary N) is 3. The van der Waals surface area contributed by atoms with Gasteiger partial charge in [-0.1, -0.05) is 32.4 Å². The Balaban J connectivity index is 3.23. The summed E-state index contributed by atoms with van der Waals surface area (Å²) in [4.78, 5) is 138. The van der Waals surface area contributed by atoms with Crippen molar-refractivity contribution < 1.29 is 73.2 Å². The van der Waals surface area contributed by atoms with Crippen LogP contribution in [0.1, 0.15) is 57.9 Å². The summed E-state index contributed by atoms with van der Waals surface area (Å²) < 4.78 is 0. The first kappa shape index (κ1) is 54.5. The van der Waals surface area contributed by atoms with Crippen LogP contribution in [0.3, 0.4) is 0 Å². The molecule has 1 rings (SSSR count). The lowest BCUT2D eigenvalue weighted by atomic mass is 9.97. The van der Waals surface area contributed by atoms with Crippen molar-refractivity contribution in [2.75, 3.05) is 18.9 Å². The molecule has 26 heteroatoms. The minimum atomic E-state index is -1.90. The van der Waals surface area contributed by atoms with Gasteiger partial charge in [0.1, 0.15) is 42.0 Å². The molecule has 0 saturated carbocycles. The van der Waals surface area contributed by atoms with Gasteiger partial charge in [0, 0.05) is 18.6 Å². The summed E-state index contributed by atoms with van der Waals surface area (Å²) >= 11 is 4.13. The molecule has 350 valence electrons. The van der Waals surface area contributed by atoms with E-state index in [4.69, 9.17) is 27.4 Å². The molecular weight excluding hydrogens is 857 g/mol. The molecule has 0 aromatic heterocycles. The number of amides is 9. The van der Waals surface area contributed by atoms with Gasteiger partial charge >= 0.3 is 11.9 Å². The van der Waals surface area contributed by atoms with Crippen LogP contribution in [0.4, 0.5) is 0 Å². The van der Waals surface area contributed by atoms with E-state index >= 15 is 0 Å². The Morgan fingerprint density at radius 1 is 0.667 bits per heavy atom. The van der Waals surface area contributed by atoms with Gasteiger partial charge in [0.15, 0.2) is 0 Å². The number of carboxylic acid groups (broad SMARTS) is 2. The van der Waals surface area contributed by atoms with Crippen LogP contribution in [0, 0.1) is 5.92 Å². The van der Waals surface area contributed by atoms with Crippen molar-refractivity contribution in [1.29, 1.82) is 0 Å². The second-order valence-electron chi connectivity index (χ2n) is 14.2. The van der Waals surface area contributed by atoms with Crippen LogP contribution in [-0.4, -0.2) is 147 Å². The lowest BCUT2D eigenvalue weighted by Crippen LogP contribution is -2.61. The molecule has 0 unspecified atom stereocenters.